The lowest BCUT2D eigenvalue weighted by Crippen LogP contribution is -2.17. The second-order valence-electron chi connectivity index (χ2n) is 5.47. The average molecular weight is 265 g/mol. The van der Waals surface area contributed by atoms with Gasteiger partial charge in [-0.15, -0.1) is 0 Å². The molecule has 0 aliphatic heterocycles. The van der Waals surface area contributed by atoms with Gasteiger partial charge in [-0.2, -0.15) is 11.8 Å². The Morgan fingerprint density at radius 1 is 1.11 bits per heavy atom. The van der Waals surface area contributed by atoms with Crippen LogP contribution in [0.1, 0.15) is 48.6 Å². The molecule has 2 atom stereocenters. The SMILES string of the molecule is CCC(C)CSCC(N)c1c(C)cc(C)cc1C. The Morgan fingerprint density at radius 2 is 1.67 bits per heavy atom. The van der Waals surface area contributed by atoms with Crippen LogP contribution in [-0.2, 0) is 0 Å². The van der Waals surface area contributed by atoms with E-state index < -0.39 is 0 Å². The zero-order chi connectivity index (χ0) is 13.7. The molecule has 1 aromatic rings. The lowest BCUT2D eigenvalue weighted by molar-refractivity contribution is 0.636. The van der Waals surface area contributed by atoms with Crippen molar-refractivity contribution in [2.75, 3.05) is 11.5 Å². The summed E-state index contributed by atoms with van der Waals surface area (Å²) in [7, 11) is 0. The van der Waals surface area contributed by atoms with Gasteiger partial charge in [0.1, 0.15) is 0 Å². The largest absolute Gasteiger partial charge is 0.323 e. The number of hydrogen-bond acceptors (Lipinski definition) is 2. The van der Waals surface area contributed by atoms with E-state index in [2.05, 4.69) is 46.8 Å². The van der Waals surface area contributed by atoms with E-state index in [0.29, 0.717) is 0 Å². The number of aryl methyl sites for hydroxylation is 3. The third-order valence-electron chi connectivity index (χ3n) is 3.51. The number of benzene rings is 1. The molecule has 1 rings (SSSR count). The molecule has 1 aromatic carbocycles. The summed E-state index contributed by atoms with van der Waals surface area (Å²) in [5.74, 6) is 3.03. The first-order chi connectivity index (χ1) is 8.45. The van der Waals surface area contributed by atoms with Crippen LogP contribution in [0.2, 0.25) is 0 Å². The molecule has 2 heteroatoms. The standard InChI is InChI=1S/C16H27NS/c1-6-11(2)9-18-10-15(17)16-13(4)7-12(3)8-14(16)5/h7-8,11,15H,6,9-10,17H2,1-5H3. The summed E-state index contributed by atoms with van der Waals surface area (Å²) in [4.78, 5) is 0. The van der Waals surface area contributed by atoms with E-state index in [1.54, 1.807) is 0 Å². The van der Waals surface area contributed by atoms with Crippen molar-refractivity contribution in [3.05, 3.63) is 34.4 Å². The first-order valence-electron chi connectivity index (χ1n) is 6.86. The highest BCUT2D eigenvalue weighted by molar-refractivity contribution is 7.99. The van der Waals surface area contributed by atoms with Crippen LogP contribution in [0.25, 0.3) is 0 Å². The Labute approximate surface area is 117 Å². The molecule has 2 N–H and O–H groups in total. The molecule has 0 radical (unpaired) electrons. The van der Waals surface area contributed by atoms with Crippen molar-refractivity contribution < 1.29 is 0 Å². The second kappa shape index (κ2) is 7.20. The van der Waals surface area contributed by atoms with Gasteiger partial charge < -0.3 is 5.73 Å². The monoisotopic (exact) mass is 265 g/mol. The van der Waals surface area contributed by atoms with Gasteiger partial charge in [-0.05, 0) is 49.1 Å². The number of thioether (sulfide) groups is 1. The molecule has 0 aliphatic carbocycles. The fraction of sp³-hybridized carbons (Fsp3) is 0.625. The molecular weight excluding hydrogens is 238 g/mol. The van der Waals surface area contributed by atoms with Gasteiger partial charge in [-0.1, -0.05) is 38.0 Å². The summed E-state index contributed by atoms with van der Waals surface area (Å²) in [6.07, 6.45) is 1.25. The molecule has 1 nitrogen and oxygen atoms in total. The maximum absolute atomic E-state index is 6.35. The molecule has 0 saturated heterocycles. The number of hydrogen-bond donors (Lipinski definition) is 1. The van der Waals surface area contributed by atoms with Crippen molar-refractivity contribution in [3.8, 4) is 0 Å². The second-order valence-corrected chi connectivity index (χ2v) is 6.54. The Morgan fingerprint density at radius 3 is 2.17 bits per heavy atom. The topological polar surface area (TPSA) is 26.0 Å². The molecule has 102 valence electrons. The van der Waals surface area contributed by atoms with E-state index in [-0.39, 0.29) is 6.04 Å². The molecule has 0 fully saturated rings. The molecule has 0 heterocycles. The molecule has 0 saturated carbocycles. The summed E-state index contributed by atoms with van der Waals surface area (Å²) in [6, 6.07) is 4.64. The fourth-order valence-corrected chi connectivity index (χ4v) is 3.57. The van der Waals surface area contributed by atoms with Crippen LogP contribution in [0.5, 0.6) is 0 Å². The van der Waals surface area contributed by atoms with E-state index in [4.69, 9.17) is 5.73 Å². The molecular formula is C16H27NS. The molecule has 0 spiro atoms. The number of rotatable bonds is 6. The van der Waals surface area contributed by atoms with Gasteiger partial charge in [0, 0.05) is 11.8 Å². The Kier molecular flexibility index (Phi) is 6.24. The van der Waals surface area contributed by atoms with Crippen molar-refractivity contribution in [1.82, 2.24) is 0 Å². The van der Waals surface area contributed by atoms with Crippen LogP contribution in [0.3, 0.4) is 0 Å². The van der Waals surface area contributed by atoms with Crippen LogP contribution < -0.4 is 5.73 Å². The van der Waals surface area contributed by atoms with Crippen molar-refractivity contribution in [2.24, 2.45) is 11.7 Å². The Bertz CT molecular complexity index is 364. The van der Waals surface area contributed by atoms with Gasteiger partial charge in [-0.3, -0.25) is 0 Å². The quantitative estimate of drug-likeness (QED) is 0.825. The summed E-state index contributed by atoms with van der Waals surface area (Å²) in [5, 5.41) is 0. The van der Waals surface area contributed by atoms with Gasteiger partial charge in [0.25, 0.3) is 0 Å². The third kappa shape index (κ3) is 4.33. The van der Waals surface area contributed by atoms with Crippen LogP contribution in [0.4, 0.5) is 0 Å². The predicted octanol–water partition coefficient (Wildman–Crippen LogP) is 4.39. The van der Waals surface area contributed by atoms with E-state index in [1.807, 2.05) is 11.8 Å². The fourth-order valence-electron chi connectivity index (χ4n) is 2.37. The summed E-state index contributed by atoms with van der Waals surface area (Å²) in [5.41, 5.74) is 11.7. The highest BCUT2D eigenvalue weighted by Gasteiger charge is 2.13. The van der Waals surface area contributed by atoms with E-state index in [1.165, 1.54) is 34.4 Å². The zero-order valence-electron chi connectivity index (χ0n) is 12.4. The minimum absolute atomic E-state index is 0.166. The molecule has 2 unspecified atom stereocenters. The van der Waals surface area contributed by atoms with Gasteiger partial charge in [-0.25, -0.2) is 0 Å². The summed E-state index contributed by atoms with van der Waals surface area (Å²) < 4.78 is 0. The lowest BCUT2D eigenvalue weighted by atomic mass is 9.95. The van der Waals surface area contributed by atoms with Crippen LogP contribution >= 0.6 is 11.8 Å². The van der Waals surface area contributed by atoms with Gasteiger partial charge in [0.05, 0.1) is 0 Å². The van der Waals surface area contributed by atoms with Crippen molar-refractivity contribution in [1.29, 1.82) is 0 Å². The molecule has 0 aliphatic rings. The average Bonchev–Trinajstić information content (AvgIpc) is 2.27. The predicted molar refractivity (Wildman–Crippen MR) is 84.4 cm³/mol. The molecule has 0 aromatic heterocycles. The van der Waals surface area contributed by atoms with Crippen LogP contribution in [0, 0.1) is 26.7 Å². The first-order valence-corrected chi connectivity index (χ1v) is 8.02. The highest BCUT2D eigenvalue weighted by Crippen LogP contribution is 2.25. The lowest BCUT2D eigenvalue weighted by Gasteiger charge is -2.19. The van der Waals surface area contributed by atoms with Crippen molar-refractivity contribution >= 4 is 11.8 Å². The highest BCUT2D eigenvalue weighted by atomic mass is 32.2. The van der Waals surface area contributed by atoms with E-state index in [9.17, 15) is 0 Å². The molecule has 0 bridgehead atoms. The minimum atomic E-state index is 0.166. The summed E-state index contributed by atoms with van der Waals surface area (Å²) in [6.45, 7) is 11.1. The maximum atomic E-state index is 6.35. The molecule has 0 amide bonds. The smallest absolute Gasteiger partial charge is 0.0392 e. The van der Waals surface area contributed by atoms with Gasteiger partial charge >= 0.3 is 0 Å². The van der Waals surface area contributed by atoms with Crippen molar-refractivity contribution in [2.45, 2.75) is 47.1 Å². The van der Waals surface area contributed by atoms with Crippen LogP contribution in [0.15, 0.2) is 12.1 Å². The maximum Gasteiger partial charge on any atom is 0.0392 e. The summed E-state index contributed by atoms with van der Waals surface area (Å²) >= 11 is 1.99. The third-order valence-corrected chi connectivity index (χ3v) is 4.91. The van der Waals surface area contributed by atoms with E-state index in [0.717, 1.165) is 11.7 Å². The molecule has 18 heavy (non-hydrogen) atoms. The van der Waals surface area contributed by atoms with Gasteiger partial charge in [0.15, 0.2) is 0 Å². The van der Waals surface area contributed by atoms with E-state index >= 15 is 0 Å². The Hall–Kier alpha value is -0.470. The minimum Gasteiger partial charge on any atom is -0.323 e. The zero-order valence-corrected chi connectivity index (χ0v) is 13.2. The van der Waals surface area contributed by atoms with Gasteiger partial charge in [0.2, 0.25) is 0 Å². The first kappa shape index (κ1) is 15.6. The Balaban J connectivity index is 2.64. The van der Waals surface area contributed by atoms with Crippen LogP contribution in [-0.4, -0.2) is 11.5 Å². The normalized spacial score (nSPS) is 14.6. The number of nitrogens with two attached hydrogens (primary N) is 1. The van der Waals surface area contributed by atoms with Crippen molar-refractivity contribution in [3.63, 3.8) is 0 Å².